The van der Waals surface area contributed by atoms with Crippen LogP contribution in [0.15, 0.2) is 47.5 Å². The van der Waals surface area contributed by atoms with Crippen LogP contribution in [-0.4, -0.2) is 48.8 Å². The van der Waals surface area contributed by atoms with Crippen molar-refractivity contribution in [1.82, 2.24) is 0 Å². The van der Waals surface area contributed by atoms with Crippen LogP contribution in [0.4, 0.5) is 11.4 Å². The van der Waals surface area contributed by atoms with Crippen molar-refractivity contribution in [2.45, 2.75) is 25.9 Å². The smallest absolute Gasteiger partial charge is 0.234 e. The zero-order valence-corrected chi connectivity index (χ0v) is 19.0. The fourth-order valence-corrected chi connectivity index (χ4v) is 6.70. The number of amidine groups is 1. The topological polar surface area (TPSA) is 78.8 Å². The van der Waals surface area contributed by atoms with E-state index < -0.39 is 9.84 Å². The summed E-state index contributed by atoms with van der Waals surface area (Å²) in [4.78, 5) is 19.1. The highest BCUT2D eigenvalue weighted by Gasteiger charge is 2.47. The molecule has 2 aliphatic heterocycles. The summed E-state index contributed by atoms with van der Waals surface area (Å²) in [5.41, 5.74) is 3.76. The van der Waals surface area contributed by atoms with Crippen molar-refractivity contribution in [3.8, 4) is 0 Å². The zero-order valence-electron chi connectivity index (χ0n) is 16.6. The first-order valence-electron chi connectivity index (χ1n) is 9.55. The fourth-order valence-electron chi connectivity index (χ4n) is 3.81. The number of fused-ring (bicyclic) bond motifs is 1. The number of anilines is 2. The maximum Gasteiger partial charge on any atom is 0.234 e. The number of benzene rings is 2. The van der Waals surface area contributed by atoms with Gasteiger partial charge in [-0.1, -0.05) is 41.1 Å². The van der Waals surface area contributed by atoms with Gasteiger partial charge in [0.1, 0.15) is 0 Å². The number of amides is 1. The lowest BCUT2D eigenvalue weighted by Crippen LogP contribution is -2.39. The number of rotatable bonds is 4. The lowest BCUT2D eigenvalue weighted by molar-refractivity contribution is -0.113. The number of nitrogens with zero attached hydrogens (tertiary/aromatic N) is 2. The lowest BCUT2D eigenvalue weighted by atomic mass is 10.1. The molecule has 1 N–H and O–H groups in total. The van der Waals surface area contributed by atoms with Gasteiger partial charge in [0.15, 0.2) is 15.0 Å². The van der Waals surface area contributed by atoms with E-state index in [1.165, 1.54) is 11.8 Å². The van der Waals surface area contributed by atoms with Crippen molar-refractivity contribution in [2.24, 2.45) is 4.99 Å². The predicted octanol–water partition coefficient (Wildman–Crippen LogP) is 3.67. The number of carbonyl (C=O) groups excluding carboxylic acids is 1. The summed E-state index contributed by atoms with van der Waals surface area (Å²) in [6, 6.07) is 12.6. The largest absolute Gasteiger partial charge is 0.325 e. The Balaban J connectivity index is 1.50. The third-order valence-electron chi connectivity index (χ3n) is 5.20. The molecule has 9 heteroatoms. The summed E-state index contributed by atoms with van der Waals surface area (Å²) < 4.78 is 24.2. The van der Waals surface area contributed by atoms with Gasteiger partial charge in [0.05, 0.1) is 29.3 Å². The van der Waals surface area contributed by atoms with Crippen molar-refractivity contribution in [2.75, 3.05) is 27.5 Å². The molecule has 1 amide bonds. The minimum atomic E-state index is -3.12. The van der Waals surface area contributed by atoms with E-state index in [0.717, 1.165) is 22.5 Å². The molecule has 0 aromatic heterocycles. The van der Waals surface area contributed by atoms with Crippen LogP contribution in [0.25, 0.3) is 0 Å². The second kappa shape index (κ2) is 8.24. The monoisotopic (exact) mass is 463 g/mol. The number of nitrogens with one attached hydrogen (secondary N) is 1. The number of thioether (sulfide) groups is 1. The van der Waals surface area contributed by atoms with Gasteiger partial charge in [-0.3, -0.25) is 9.79 Å². The van der Waals surface area contributed by atoms with Gasteiger partial charge in [-0.25, -0.2) is 8.42 Å². The van der Waals surface area contributed by atoms with E-state index in [9.17, 15) is 13.2 Å². The Hall–Kier alpha value is -2.03. The summed E-state index contributed by atoms with van der Waals surface area (Å²) >= 11 is 7.33. The molecular weight excluding hydrogens is 442 g/mol. The Morgan fingerprint density at radius 1 is 1.20 bits per heavy atom. The molecule has 0 spiro atoms. The minimum Gasteiger partial charge on any atom is -0.325 e. The summed E-state index contributed by atoms with van der Waals surface area (Å²) in [6.45, 7) is 3.97. The molecular formula is C21H22ClN3O3S2. The molecule has 1 saturated heterocycles. The molecule has 2 aromatic rings. The van der Waals surface area contributed by atoms with Crippen LogP contribution in [-0.2, 0) is 14.6 Å². The quantitative estimate of drug-likeness (QED) is 0.748. The molecule has 0 radical (unpaired) electrons. The fraction of sp³-hybridized carbons (Fsp3) is 0.333. The summed E-state index contributed by atoms with van der Waals surface area (Å²) in [7, 11) is -3.12. The van der Waals surface area contributed by atoms with Crippen molar-refractivity contribution in [1.29, 1.82) is 0 Å². The van der Waals surface area contributed by atoms with Crippen LogP contribution in [0.5, 0.6) is 0 Å². The molecule has 2 atom stereocenters. The Labute approximate surface area is 185 Å². The molecule has 0 saturated carbocycles. The van der Waals surface area contributed by atoms with Crippen LogP contribution in [0, 0.1) is 13.8 Å². The molecule has 0 unspecified atom stereocenters. The van der Waals surface area contributed by atoms with Crippen LogP contribution in [0.1, 0.15) is 11.1 Å². The molecule has 2 heterocycles. The normalized spacial score (nSPS) is 22.0. The first-order chi connectivity index (χ1) is 14.2. The van der Waals surface area contributed by atoms with Crippen LogP contribution < -0.4 is 10.2 Å². The molecule has 6 nitrogen and oxygen atoms in total. The number of hydrogen-bond donors (Lipinski definition) is 1. The van der Waals surface area contributed by atoms with Gasteiger partial charge >= 0.3 is 0 Å². The molecule has 30 heavy (non-hydrogen) atoms. The first kappa shape index (κ1) is 21.2. The Morgan fingerprint density at radius 2 is 1.93 bits per heavy atom. The second-order valence-corrected chi connectivity index (χ2v) is 11.2. The van der Waals surface area contributed by atoms with E-state index in [2.05, 4.69) is 10.3 Å². The summed E-state index contributed by atoms with van der Waals surface area (Å²) in [6.07, 6.45) is 0. The highest BCUT2D eigenvalue weighted by molar-refractivity contribution is 8.14. The molecule has 0 aliphatic carbocycles. The second-order valence-electron chi connectivity index (χ2n) is 7.62. The maximum absolute atomic E-state index is 12.5. The Kier molecular flexibility index (Phi) is 5.83. The zero-order chi connectivity index (χ0) is 21.5. The molecule has 1 fully saturated rings. The molecule has 2 aromatic carbocycles. The van der Waals surface area contributed by atoms with Gasteiger partial charge in [0.25, 0.3) is 0 Å². The van der Waals surface area contributed by atoms with Crippen molar-refractivity contribution in [3.63, 3.8) is 0 Å². The van der Waals surface area contributed by atoms with Gasteiger partial charge < -0.3 is 10.2 Å². The molecule has 158 valence electrons. The van der Waals surface area contributed by atoms with Gasteiger partial charge in [-0.15, -0.1) is 0 Å². The Morgan fingerprint density at radius 3 is 2.63 bits per heavy atom. The van der Waals surface area contributed by atoms with E-state index in [1.807, 2.05) is 49.1 Å². The number of aryl methyl sites for hydroxylation is 2. The maximum atomic E-state index is 12.5. The number of hydrogen-bond acceptors (Lipinski definition) is 6. The van der Waals surface area contributed by atoms with Gasteiger partial charge in [0.2, 0.25) is 5.91 Å². The average Bonchev–Trinajstić information content (AvgIpc) is 3.14. The number of sulfone groups is 1. The molecule has 0 bridgehead atoms. The third kappa shape index (κ3) is 4.50. The first-order valence-corrected chi connectivity index (χ1v) is 12.7. The molecule has 4 rings (SSSR count). The van der Waals surface area contributed by atoms with Crippen LogP contribution in [0.3, 0.4) is 0 Å². The van der Waals surface area contributed by atoms with E-state index in [-0.39, 0.29) is 35.2 Å². The van der Waals surface area contributed by atoms with E-state index in [4.69, 9.17) is 11.6 Å². The third-order valence-corrected chi connectivity index (χ3v) is 8.12. The number of aliphatic imine (C=N–C) groups is 1. The van der Waals surface area contributed by atoms with E-state index in [1.54, 1.807) is 12.1 Å². The standard InChI is InChI=1S/C21H22ClN3O3S2/c1-13-3-8-17(14(2)9-13)23-20(26)10-29-21-24-18-11-30(27,28)12-19(18)25(21)16-6-4-15(22)5-7-16/h3-9,18-19H,10-12H2,1-2H3,(H,23,26)/t18-,19+/m0/s1. The minimum absolute atomic E-state index is 0.0422. The SMILES string of the molecule is Cc1ccc(NC(=O)CSC2=N[C@H]3CS(=O)(=O)C[C@H]3N2c2ccc(Cl)cc2)c(C)c1. The highest BCUT2D eigenvalue weighted by atomic mass is 35.5. The van der Waals surface area contributed by atoms with Gasteiger partial charge in [-0.2, -0.15) is 0 Å². The predicted molar refractivity (Wildman–Crippen MR) is 125 cm³/mol. The average molecular weight is 464 g/mol. The van der Waals surface area contributed by atoms with E-state index in [0.29, 0.717) is 10.2 Å². The number of carbonyl (C=O) groups is 1. The summed E-state index contributed by atoms with van der Waals surface area (Å²) in [5, 5.41) is 4.21. The summed E-state index contributed by atoms with van der Waals surface area (Å²) in [5.74, 6) is 0.154. The van der Waals surface area contributed by atoms with Gasteiger partial charge in [0, 0.05) is 16.4 Å². The van der Waals surface area contributed by atoms with Crippen molar-refractivity contribution in [3.05, 3.63) is 58.6 Å². The highest BCUT2D eigenvalue weighted by Crippen LogP contribution is 2.35. The lowest BCUT2D eigenvalue weighted by Gasteiger charge is -2.26. The van der Waals surface area contributed by atoms with E-state index >= 15 is 0 Å². The van der Waals surface area contributed by atoms with Crippen LogP contribution >= 0.6 is 23.4 Å². The molecule has 2 aliphatic rings. The van der Waals surface area contributed by atoms with Crippen LogP contribution in [0.2, 0.25) is 5.02 Å². The van der Waals surface area contributed by atoms with Gasteiger partial charge in [-0.05, 0) is 49.7 Å². The van der Waals surface area contributed by atoms with Crippen molar-refractivity contribution >= 4 is 55.6 Å². The number of halogens is 1. The Bertz CT molecular complexity index is 1120. The van der Waals surface area contributed by atoms with Crippen molar-refractivity contribution < 1.29 is 13.2 Å².